The van der Waals surface area contributed by atoms with E-state index in [4.69, 9.17) is 5.73 Å². The quantitative estimate of drug-likeness (QED) is 0.750. The Morgan fingerprint density at radius 3 is 2.79 bits per heavy atom. The molecule has 14 heavy (non-hydrogen) atoms. The predicted octanol–water partition coefficient (Wildman–Crippen LogP) is 2.58. The zero-order valence-electron chi connectivity index (χ0n) is 8.20. The highest BCUT2D eigenvalue weighted by atomic mass is 32.2. The molecule has 1 unspecified atom stereocenters. The van der Waals surface area contributed by atoms with Crippen molar-refractivity contribution >= 4 is 23.1 Å². The van der Waals surface area contributed by atoms with Gasteiger partial charge in [-0.2, -0.15) is 11.8 Å². The van der Waals surface area contributed by atoms with Crippen LogP contribution >= 0.6 is 11.8 Å². The SMILES string of the molecule is Nc1ccc(NCC2CCCS2)cc1. The third-order valence-electron chi connectivity index (χ3n) is 2.47. The zero-order valence-corrected chi connectivity index (χ0v) is 9.02. The van der Waals surface area contributed by atoms with Gasteiger partial charge >= 0.3 is 0 Å². The minimum absolute atomic E-state index is 0.799. The minimum atomic E-state index is 0.799. The smallest absolute Gasteiger partial charge is 0.0342 e. The Morgan fingerprint density at radius 2 is 2.14 bits per heavy atom. The second-order valence-electron chi connectivity index (χ2n) is 3.64. The summed E-state index contributed by atoms with van der Waals surface area (Å²) < 4.78 is 0. The first-order valence-electron chi connectivity index (χ1n) is 5.05. The molecular formula is C11H16N2S. The number of nitrogens with one attached hydrogen (secondary N) is 1. The van der Waals surface area contributed by atoms with Gasteiger partial charge in [0, 0.05) is 23.2 Å². The third-order valence-corrected chi connectivity index (χ3v) is 3.87. The van der Waals surface area contributed by atoms with Crippen molar-refractivity contribution < 1.29 is 0 Å². The number of anilines is 2. The van der Waals surface area contributed by atoms with Crippen molar-refractivity contribution in [3.63, 3.8) is 0 Å². The molecule has 76 valence electrons. The van der Waals surface area contributed by atoms with E-state index in [0.29, 0.717) is 0 Å². The van der Waals surface area contributed by atoms with Crippen molar-refractivity contribution in [3.05, 3.63) is 24.3 Å². The Hall–Kier alpha value is -0.830. The van der Waals surface area contributed by atoms with Crippen LogP contribution in [0.5, 0.6) is 0 Å². The molecule has 1 aromatic rings. The summed E-state index contributed by atoms with van der Waals surface area (Å²) in [5.74, 6) is 1.33. The van der Waals surface area contributed by atoms with Crippen molar-refractivity contribution in [2.45, 2.75) is 18.1 Å². The molecule has 2 rings (SSSR count). The van der Waals surface area contributed by atoms with Crippen LogP contribution in [0, 0.1) is 0 Å². The summed E-state index contributed by atoms with van der Waals surface area (Å²) in [5, 5.41) is 4.24. The van der Waals surface area contributed by atoms with Crippen LogP contribution in [0.3, 0.4) is 0 Å². The zero-order chi connectivity index (χ0) is 9.80. The highest BCUT2D eigenvalue weighted by Gasteiger charge is 2.14. The van der Waals surface area contributed by atoms with E-state index in [1.807, 2.05) is 24.3 Å². The molecular weight excluding hydrogens is 192 g/mol. The number of rotatable bonds is 3. The number of nitrogen functional groups attached to an aromatic ring is 1. The number of hydrogen-bond donors (Lipinski definition) is 2. The molecule has 0 aromatic heterocycles. The van der Waals surface area contributed by atoms with E-state index in [1.165, 1.54) is 24.3 Å². The van der Waals surface area contributed by atoms with E-state index >= 15 is 0 Å². The van der Waals surface area contributed by atoms with Crippen LogP contribution in [-0.4, -0.2) is 17.5 Å². The van der Waals surface area contributed by atoms with E-state index < -0.39 is 0 Å². The third kappa shape index (κ3) is 2.58. The fourth-order valence-electron chi connectivity index (χ4n) is 1.64. The highest BCUT2D eigenvalue weighted by Crippen LogP contribution is 2.26. The van der Waals surface area contributed by atoms with Gasteiger partial charge in [0.1, 0.15) is 0 Å². The molecule has 0 saturated carbocycles. The number of benzene rings is 1. The summed E-state index contributed by atoms with van der Waals surface area (Å²) in [7, 11) is 0. The lowest BCUT2D eigenvalue weighted by Gasteiger charge is -2.11. The van der Waals surface area contributed by atoms with Crippen LogP contribution in [0.4, 0.5) is 11.4 Å². The summed E-state index contributed by atoms with van der Waals surface area (Å²) in [5.41, 5.74) is 7.61. The van der Waals surface area contributed by atoms with Gasteiger partial charge in [0.2, 0.25) is 0 Å². The molecule has 1 fully saturated rings. The summed E-state index contributed by atoms with van der Waals surface area (Å²) in [6.45, 7) is 1.08. The van der Waals surface area contributed by atoms with Crippen LogP contribution < -0.4 is 11.1 Å². The van der Waals surface area contributed by atoms with E-state index in [1.54, 1.807) is 0 Å². The van der Waals surface area contributed by atoms with Crippen LogP contribution in [0.25, 0.3) is 0 Å². The molecule has 0 aliphatic carbocycles. The average Bonchev–Trinajstić information content (AvgIpc) is 2.70. The van der Waals surface area contributed by atoms with Gasteiger partial charge in [0.25, 0.3) is 0 Å². The molecule has 3 heteroatoms. The number of thioether (sulfide) groups is 1. The average molecular weight is 208 g/mol. The Balaban J connectivity index is 1.82. The second-order valence-corrected chi connectivity index (χ2v) is 5.05. The first-order chi connectivity index (χ1) is 6.84. The summed E-state index contributed by atoms with van der Waals surface area (Å²) in [4.78, 5) is 0. The molecule has 1 atom stereocenters. The van der Waals surface area contributed by atoms with Crippen LogP contribution in [0.1, 0.15) is 12.8 Å². The van der Waals surface area contributed by atoms with Crippen LogP contribution in [0.2, 0.25) is 0 Å². The van der Waals surface area contributed by atoms with Gasteiger partial charge in [-0.25, -0.2) is 0 Å². The monoisotopic (exact) mass is 208 g/mol. The number of nitrogens with two attached hydrogens (primary N) is 1. The molecule has 1 aliphatic heterocycles. The summed E-state index contributed by atoms with van der Waals surface area (Å²) in [6.07, 6.45) is 2.73. The van der Waals surface area contributed by atoms with Crippen molar-refractivity contribution in [1.29, 1.82) is 0 Å². The standard InChI is InChI=1S/C11H16N2S/c12-9-3-5-10(6-4-9)13-8-11-2-1-7-14-11/h3-6,11,13H,1-2,7-8,12H2. The molecule has 0 amide bonds. The lowest BCUT2D eigenvalue weighted by atomic mass is 10.2. The van der Waals surface area contributed by atoms with E-state index in [2.05, 4.69) is 17.1 Å². The fraction of sp³-hybridized carbons (Fsp3) is 0.455. The summed E-state index contributed by atoms with van der Waals surface area (Å²) >= 11 is 2.08. The van der Waals surface area contributed by atoms with Gasteiger partial charge in [0.15, 0.2) is 0 Å². The fourth-order valence-corrected chi connectivity index (χ4v) is 2.84. The van der Waals surface area contributed by atoms with Crippen LogP contribution in [-0.2, 0) is 0 Å². The molecule has 3 N–H and O–H groups in total. The molecule has 1 heterocycles. The van der Waals surface area contributed by atoms with Gasteiger partial charge in [-0.1, -0.05) is 0 Å². The van der Waals surface area contributed by atoms with Crippen LogP contribution in [0.15, 0.2) is 24.3 Å². The lowest BCUT2D eigenvalue weighted by molar-refractivity contribution is 0.805. The maximum atomic E-state index is 5.61. The van der Waals surface area contributed by atoms with E-state index in [9.17, 15) is 0 Å². The molecule has 2 nitrogen and oxygen atoms in total. The first kappa shape index (κ1) is 9.71. The molecule has 0 radical (unpaired) electrons. The Morgan fingerprint density at radius 1 is 1.36 bits per heavy atom. The summed E-state index contributed by atoms with van der Waals surface area (Å²) in [6, 6.07) is 7.94. The van der Waals surface area contributed by atoms with Crippen molar-refractivity contribution in [1.82, 2.24) is 0 Å². The normalized spacial score (nSPS) is 21.0. The number of hydrogen-bond acceptors (Lipinski definition) is 3. The van der Waals surface area contributed by atoms with Gasteiger partial charge in [0.05, 0.1) is 0 Å². The van der Waals surface area contributed by atoms with Crippen molar-refractivity contribution in [2.24, 2.45) is 0 Å². The molecule has 1 aromatic carbocycles. The van der Waals surface area contributed by atoms with Gasteiger partial charge in [-0.15, -0.1) is 0 Å². The second kappa shape index (κ2) is 4.60. The largest absolute Gasteiger partial charge is 0.399 e. The Kier molecular flexibility index (Phi) is 3.19. The first-order valence-corrected chi connectivity index (χ1v) is 6.10. The van der Waals surface area contributed by atoms with Crippen molar-refractivity contribution in [2.75, 3.05) is 23.3 Å². The highest BCUT2D eigenvalue weighted by molar-refractivity contribution is 8.00. The van der Waals surface area contributed by atoms with E-state index in [-0.39, 0.29) is 0 Å². The van der Waals surface area contributed by atoms with Crippen molar-refractivity contribution in [3.8, 4) is 0 Å². The Labute approximate surface area is 89.3 Å². The van der Waals surface area contributed by atoms with E-state index in [0.717, 1.165) is 17.5 Å². The molecule has 1 saturated heterocycles. The van der Waals surface area contributed by atoms with Gasteiger partial charge in [-0.05, 0) is 42.9 Å². The Bertz CT molecular complexity index is 278. The van der Waals surface area contributed by atoms with Gasteiger partial charge in [-0.3, -0.25) is 0 Å². The predicted molar refractivity (Wildman–Crippen MR) is 64.8 cm³/mol. The van der Waals surface area contributed by atoms with Gasteiger partial charge < -0.3 is 11.1 Å². The molecule has 0 bridgehead atoms. The molecule has 1 aliphatic rings. The minimum Gasteiger partial charge on any atom is -0.399 e. The maximum absolute atomic E-state index is 5.61. The maximum Gasteiger partial charge on any atom is 0.0342 e. The molecule has 0 spiro atoms. The topological polar surface area (TPSA) is 38.0 Å². The lowest BCUT2D eigenvalue weighted by Crippen LogP contribution is -2.13.